The fourth-order valence-electron chi connectivity index (χ4n) is 3.68. The van der Waals surface area contributed by atoms with Gasteiger partial charge in [-0.1, -0.05) is 72.8 Å². The fraction of sp³-hybridized carbons (Fsp3) is 0.0909. The summed E-state index contributed by atoms with van der Waals surface area (Å²) in [7, 11) is -2.10. The van der Waals surface area contributed by atoms with Crippen molar-refractivity contribution in [2.24, 2.45) is 0 Å². The van der Waals surface area contributed by atoms with E-state index in [1.165, 1.54) is 26.8 Å². The molecular formula is C22H21NSi. The second-order valence-electron chi connectivity index (χ2n) is 6.50. The molecule has 0 atom stereocenters. The molecule has 0 N–H and O–H groups in total. The molecule has 0 bridgehead atoms. The maximum Gasteiger partial charge on any atom is 0.221 e. The molecule has 0 saturated heterocycles. The van der Waals surface area contributed by atoms with Crippen LogP contribution in [0.1, 0.15) is 5.56 Å². The fourth-order valence-corrected chi connectivity index (χ4v) is 7.30. The van der Waals surface area contributed by atoms with Gasteiger partial charge < -0.3 is 4.23 Å². The smallest absolute Gasteiger partial charge is 0.221 e. The Morgan fingerprint density at radius 3 is 1.83 bits per heavy atom. The highest BCUT2D eigenvalue weighted by molar-refractivity contribution is 7.00. The molecule has 0 fully saturated rings. The molecule has 1 heterocycles. The van der Waals surface area contributed by atoms with Gasteiger partial charge in [-0.2, -0.15) is 0 Å². The minimum atomic E-state index is -2.10. The van der Waals surface area contributed by atoms with Gasteiger partial charge in [-0.25, -0.2) is 0 Å². The number of fused-ring (bicyclic) bond motifs is 1. The molecule has 1 aromatic heterocycles. The highest BCUT2D eigenvalue weighted by Crippen LogP contribution is 2.23. The predicted octanol–water partition coefficient (Wildman–Crippen LogP) is 4.19. The summed E-state index contributed by atoms with van der Waals surface area (Å²) in [5.74, 6) is 0. The molecule has 4 rings (SSSR count). The summed E-state index contributed by atoms with van der Waals surface area (Å²) in [5.41, 5.74) is 2.67. The second-order valence-corrected chi connectivity index (χ2v) is 10.3. The van der Waals surface area contributed by atoms with Crippen LogP contribution in [0.4, 0.5) is 0 Å². The molecule has 0 aliphatic rings. The average Bonchev–Trinajstić information content (AvgIpc) is 3.08. The summed E-state index contributed by atoms with van der Waals surface area (Å²) in [6, 6.07) is 30.8. The van der Waals surface area contributed by atoms with Crippen LogP contribution in [0.15, 0.2) is 91.1 Å². The van der Waals surface area contributed by atoms with Crippen LogP contribution in [0.5, 0.6) is 0 Å². The molecule has 0 saturated carbocycles. The van der Waals surface area contributed by atoms with Gasteiger partial charge in [0.15, 0.2) is 0 Å². The molecule has 24 heavy (non-hydrogen) atoms. The minimum Gasteiger partial charge on any atom is -0.366 e. The van der Waals surface area contributed by atoms with Crippen LogP contribution in [0.25, 0.3) is 10.9 Å². The van der Waals surface area contributed by atoms with E-state index in [9.17, 15) is 0 Å². The van der Waals surface area contributed by atoms with E-state index in [0.29, 0.717) is 0 Å². The van der Waals surface area contributed by atoms with Crippen molar-refractivity contribution in [1.82, 2.24) is 4.23 Å². The second kappa shape index (κ2) is 5.80. The van der Waals surface area contributed by atoms with E-state index in [-0.39, 0.29) is 0 Å². The van der Waals surface area contributed by atoms with E-state index < -0.39 is 8.24 Å². The molecule has 0 amide bonds. The number of benzene rings is 3. The Balaban J connectivity index is 2.05. The zero-order valence-electron chi connectivity index (χ0n) is 14.1. The molecule has 2 heteroatoms. The monoisotopic (exact) mass is 327 g/mol. The first-order chi connectivity index (χ1) is 11.7. The van der Waals surface area contributed by atoms with Crippen molar-refractivity contribution in [3.63, 3.8) is 0 Å². The van der Waals surface area contributed by atoms with Crippen molar-refractivity contribution < 1.29 is 0 Å². The van der Waals surface area contributed by atoms with Crippen LogP contribution < -0.4 is 10.4 Å². The van der Waals surface area contributed by atoms with Gasteiger partial charge in [-0.3, -0.25) is 0 Å². The first kappa shape index (κ1) is 15.0. The summed E-state index contributed by atoms with van der Waals surface area (Å²) in [5, 5.41) is 4.20. The van der Waals surface area contributed by atoms with E-state index in [0.717, 1.165) is 0 Å². The summed E-state index contributed by atoms with van der Waals surface area (Å²) >= 11 is 0. The van der Waals surface area contributed by atoms with Crippen LogP contribution in [0, 0.1) is 6.92 Å². The predicted molar refractivity (Wildman–Crippen MR) is 106 cm³/mol. The maximum absolute atomic E-state index is 2.54. The van der Waals surface area contributed by atoms with Crippen molar-refractivity contribution in [2.75, 3.05) is 0 Å². The maximum atomic E-state index is 2.54. The van der Waals surface area contributed by atoms with Gasteiger partial charge in [-0.15, -0.1) is 0 Å². The van der Waals surface area contributed by atoms with Crippen LogP contribution in [0.2, 0.25) is 6.55 Å². The summed E-state index contributed by atoms with van der Waals surface area (Å²) < 4.78 is 2.54. The van der Waals surface area contributed by atoms with Crippen molar-refractivity contribution in [3.8, 4) is 0 Å². The highest BCUT2D eigenvalue weighted by atomic mass is 28.3. The van der Waals surface area contributed by atoms with Gasteiger partial charge in [0.25, 0.3) is 0 Å². The third kappa shape index (κ3) is 2.22. The van der Waals surface area contributed by atoms with Gasteiger partial charge in [0, 0.05) is 10.9 Å². The van der Waals surface area contributed by atoms with Crippen molar-refractivity contribution in [1.29, 1.82) is 0 Å². The van der Waals surface area contributed by atoms with Gasteiger partial charge in [-0.05, 0) is 47.7 Å². The van der Waals surface area contributed by atoms with Gasteiger partial charge in [0.2, 0.25) is 8.24 Å². The van der Waals surface area contributed by atoms with Crippen LogP contribution in [-0.2, 0) is 0 Å². The third-order valence-corrected chi connectivity index (χ3v) is 9.37. The molecule has 3 aromatic carbocycles. The molecule has 0 aliphatic carbocycles. The Labute approximate surface area is 144 Å². The lowest BCUT2D eigenvalue weighted by Gasteiger charge is -2.31. The Morgan fingerprint density at radius 1 is 0.667 bits per heavy atom. The van der Waals surface area contributed by atoms with E-state index >= 15 is 0 Å². The number of hydrogen-bond donors (Lipinski definition) is 0. The molecule has 0 radical (unpaired) electrons. The van der Waals surface area contributed by atoms with Gasteiger partial charge in [0.1, 0.15) is 0 Å². The van der Waals surface area contributed by atoms with Gasteiger partial charge in [0.05, 0.1) is 0 Å². The zero-order chi connectivity index (χ0) is 16.6. The normalized spacial score (nSPS) is 11.8. The Hall–Kier alpha value is -2.58. The Bertz CT molecular complexity index is 931. The Kier molecular flexibility index (Phi) is 3.62. The quantitative estimate of drug-likeness (QED) is 0.497. The summed E-state index contributed by atoms with van der Waals surface area (Å²) in [6.45, 7) is 4.63. The van der Waals surface area contributed by atoms with E-state index in [4.69, 9.17) is 0 Å². The van der Waals surface area contributed by atoms with Crippen LogP contribution in [-0.4, -0.2) is 12.5 Å². The number of rotatable bonds is 3. The standard InChI is InChI=1S/C22H21NSi/c1-18-10-9-15-22-21(18)16-17-23(22)24(2,19-11-5-3-6-12-19)20-13-7-4-8-14-20/h3-17H,1-2H3. The first-order valence-corrected chi connectivity index (χ1v) is 10.8. The number of nitrogens with zero attached hydrogens (tertiary/aromatic N) is 1. The van der Waals surface area contributed by atoms with Crippen molar-refractivity contribution >= 4 is 29.5 Å². The van der Waals surface area contributed by atoms with E-state index in [2.05, 4.69) is 109 Å². The lowest BCUT2D eigenvalue weighted by atomic mass is 10.1. The molecule has 1 nitrogen and oxygen atoms in total. The topological polar surface area (TPSA) is 4.93 Å². The lowest BCUT2D eigenvalue weighted by Crippen LogP contribution is -2.61. The average molecular weight is 328 g/mol. The van der Waals surface area contributed by atoms with Crippen LogP contribution >= 0.6 is 0 Å². The van der Waals surface area contributed by atoms with Crippen molar-refractivity contribution in [3.05, 3.63) is 96.7 Å². The largest absolute Gasteiger partial charge is 0.366 e. The van der Waals surface area contributed by atoms with Crippen molar-refractivity contribution in [2.45, 2.75) is 13.5 Å². The SMILES string of the molecule is Cc1cccc2c1ccn2[Si](C)(c1ccccc1)c1ccccc1. The number of aromatic nitrogens is 1. The highest BCUT2D eigenvalue weighted by Gasteiger charge is 2.35. The lowest BCUT2D eigenvalue weighted by molar-refractivity contribution is 1.23. The molecular weight excluding hydrogens is 306 g/mol. The summed E-state index contributed by atoms with van der Waals surface area (Å²) in [6.07, 6.45) is 2.28. The van der Waals surface area contributed by atoms with E-state index in [1.54, 1.807) is 0 Å². The number of aryl methyl sites for hydroxylation is 1. The molecule has 0 unspecified atom stereocenters. The molecule has 0 spiro atoms. The first-order valence-electron chi connectivity index (χ1n) is 8.39. The van der Waals surface area contributed by atoms with E-state index in [1.807, 2.05) is 0 Å². The summed E-state index contributed by atoms with van der Waals surface area (Å²) in [4.78, 5) is 0. The Morgan fingerprint density at radius 2 is 1.25 bits per heavy atom. The zero-order valence-corrected chi connectivity index (χ0v) is 15.1. The van der Waals surface area contributed by atoms with Gasteiger partial charge >= 0.3 is 0 Å². The third-order valence-electron chi connectivity index (χ3n) is 5.10. The van der Waals surface area contributed by atoms with Crippen LogP contribution in [0.3, 0.4) is 0 Å². The molecule has 4 aromatic rings. The molecule has 0 aliphatic heterocycles. The molecule has 118 valence electrons. The minimum absolute atomic E-state index is 1.33. The number of hydrogen-bond acceptors (Lipinski definition) is 0.